The van der Waals surface area contributed by atoms with E-state index >= 15 is 0 Å². The van der Waals surface area contributed by atoms with Crippen LogP contribution in [0.3, 0.4) is 0 Å². The third-order valence-electron chi connectivity index (χ3n) is 4.64. The Morgan fingerprint density at radius 2 is 1.80 bits per heavy atom. The van der Waals surface area contributed by atoms with Crippen molar-refractivity contribution in [1.29, 1.82) is 0 Å². The van der Waals surface area contributed by atoms with Crippen LogP contribution in [0.25, 0.3) is 0 Å². The molecule has 120 valence electrons. The predicted octanol–water partition coefficient (Wildman–Crippen LogP) is 4.49. The third-order valence-corrected chi connectivity index (χ3v) is 4.64. The zero-order valence-electron chi connectivity index (χ0n) is 14.8. The number of hydrogen-bond donors (Lipinski definition) is 1. The van der Waals surface area contributed by atoms with E-state index in [-0.39, 0.29) is 5.41 Å². The number of rotatable bonds is 7. The van der Waals surface area contributed by atoms with E-state index in [4.69, 9.17) is 4.74 Å². The lowest BCUT2D eigenvalue weighted by molar-refractivity contribution is -0.0657. The molecule has 0 amide bonds. The number of ether oxygens (including phenoxy) is 1. The van der Waals surface area contributed by atoms with Crippen molar-refractivity contribution in [2.75, 3.05) is 13.2 Å². The molecule has 1 rings (SSSR count). The van der Waals surface area contributed by atoms with Crippen molar-refractivity contribution in [2.45, 2.75) is 79.9 Å². The normalized spacial score (nSPS) is 28.4. The van der Waals surface area contributed by atoms with E-state index in [0.717, 1.165) is 30.9 Å². The van der Waals surface area contributed by atoms with Crippen molar-refractivity contribution in [2.24, 2.45) is 23.2 Å². The monoisotopic (exact) mass is 283 g/mol. The molecule has 2 heteroatoms. The molecule has 3 unspecified atom stereocenters. The van der Waals surface area contributed by atoms with Crippen LogP contribution in [0.2, 0.25) is 0 Å². The Kier molecular flexibility index (Phi) is 7.00. The molecule has 0 aromatic carbocycles. The first-order valence-electron chi connectivity index (χ1n) is 8.56. The molecule has 1 fully saturated rings. The molecule has 0 aliphatic heterocycles. The van der Waals surface area contributed by atoms with Gasteiger partial charge in [0.1, 0.15) is 0 Å². The second-order valence-electron chi connectivity index (χ2n) is 8.38. The molecule has 1 N–H and O–H groups in total. The highest BCUT2D eigenvalue weighted by Crippen LogP contribution is 2.36. The molecule has 20 heavy (non-hydrogen) atoms. The molecule has 2 nitrogen and oxygen atoms in total. The highest BCUT2D eigenvalue weighted by Gasteiger charge is 2.32. The lowest BCUT2D eigenvalue weighted by Gasteiger charge is -2.39. The van der Waals surface area contributed by atoms with Gasteiger partial charge in [0, 0.05) is 18.0 Å². The molecule has 0 radical (unpaired) electrons. The minimum Gasteiger partial charge on any atom is -0.377 e. The van der Waals surface area contributed by atoms with Gasteiger partial charge in [-0.1, -0.05) is 54.9 Å². The van der Waals surface area contributed by atoms with Gasteiger partial charge < -0.3 is 10.1 Å². The van der Waals surface area contributed by atoms with Gasteiger partial charge in [0.15, 0.2) is 0 Å². The molecule has 1 saturated carbocycles. The van der Waals surface area contributed by atoms with Crippen LogP contribution in [-0.2, 0) is 4.74 Å². The van der Waals surface area contributed by atoms with Crippen LogP contribution in [0.4, 0.5) is 0 Å². The standard InChI is InChI=1S/C18H37NO/c1-13(2)16-9-8-15(5)10-17(16)20-12-18(6,7)11-19-14(3)4/h13-17,19H,8-12H2,1-7H3. The molecule has 3 atom stereocenters. The average molecular weight is 284 g/mol. The van der Waals surface area contributed by atoms with E-state index in [0.29, 0.717) is 12.1 Å². The van der Waals surface area contributed by atoms with Gasteiger partial charge in [-0.2, -0.15) is 0 Å². The highest BCUT2D eigenvalue weighted by molar-refractivity contribution is 4.82. The Labute approximate surface area is 127 Å². The van der Waals surface area contributed by atoms with Crippen LogP contribution < -0.4 is 5.32 Å². The van der Waals surface area contributed by atoms with Gasteiger partial charge >= 0.3 is 0 Å². The maximum absolute atomic E-state index is 6.38. The summed E-state index contributed by atoms with van der Waals surface area (Å²) in [6.45, 7) is 18.0. The number of nitrogens with one attached hydrogen (secondary N) is 1. The molecule has 0 bridgehead atoms. The first-order valence-corrected chi connectivity index (χ1v) is 8.56. The predicted molar refractivity (Wildman–Crippen MR) is 88.0 cm³/mol. The topological polar surface area (TPSA) is 21.3 Å². The van der Waals surface area contributed by atoms with Gasteiger partial charge in [0.2, 0.25) is 0 Å². The van der Waals surface area contributed by atoms with Crippen LogP contribution in [0, 0.1) is 23.2 Å². The summed E-state index contributed by atoms with van der Waals surface area (Å²) in [6, 6.07) is 0.549. The molecule has 0 aromatic rings. The lowest BCUT2D eigenvalue weighted by Crippen LogP contribution is -2.40. The zero-order chi connectivity index (χ0) is 15.3. The summed E-state index contributed by atoms with van der Waals surface area (Å²) in [6.07, 6.45) is 4.43. The van der Waals surface area contributed by atoms with Crippen molar-refractivity contribution in [3.05, 3.63) is 0 Å². The fourth-order valence-electron chi connectivity index (χ4n) is 3.17. The molecule has 0 heterocycles. The van der Waals surface area contributed by atoms with Crippen LogP contribution in [0.5, 0.6) is 0 Å². The van der Waals surface area contributed by atoms with Crippen molar-refractivity contribution in [3.63, 3.8) is 0 Å². The Morgan fingerprint density at radius 1 is 1.15 bits per heavy atom. The van der Waals surface area contributed by atoms with Crippen molar-refractivity contribution < 1.29 is 4.74 Å². The fourth-order valence-corrected chi connectivity index (χ4v) is 3.17. The summed E-state index contributed by atoms with van der Waals surface area (Å²) < 4.78 is 6.38. The summed E-state index contributed by atoms with van der Waals surface area (Å²) in [5.41, 5.74) is 0.215. The van der Waals surface area contributed by atoms with Crippen LogP contribution >= 0.6 is 0 Å². The Morgan fingerprint density at radius 3 is 2.35 bits per heavy atom. The lowest BCUT2D eigenvalue weighted by atomic mass is 9.75. The summed E-state index contributed by atoms with van der Waals surface area (Å²) in [4.78, 5) is 0. The van der Waals surface area contributed by atoms with E-state index < -0.39 is 0 Å². The second kappa shape index (κ2) is 7.79. The maximum atomic E-state index is 6.38. The van der Waals surface area contributed by atoms with E-state index in [1.807, 2.05) is 0 Å². The fraction of sp³-hybridized carbons (Fsp3) is 1.00. The summed E-state index contributed by atoms with van der Waals surface area (Å²) in [5, 5.41) is 3.54. The van der Waals surface area contributed by atoms with E-state index in [1.54, 1.807) is 0 Å². The minimum atomic E-state index is 0.215. The highest BCUT2D eigenvalue weighted by atomic mass is 16.5. The molecule has 0 saturated heterocycles. The Bertz CT molecular complexity index is 273. The van der Waals surface area contributed by atoms with Gasteiger partial charge in [-0.05, 0) is 30.6 Å². The van der Waals surface area contributed by atoms with E-state index in [1.165, 1.54) is 19.3 Å². The summed E-state index contributed by atoms with van der Waals surface area (Å²) in [7, 11) is 0. The molecule has 0 spiro atoms. The second-order valence-corrected chi connectivity index (χ2v) is 8.38. The quantitative estimate of drug-likeness (QED) is 0.743. The van der Waals surface area contributed by atoms with E-state index in [9.17, 15) is 0 Å². The first kappa shape index (κ1) is 18.0. The smallest absolute Gasteiger partial charge is 0.0608 e. The Hall–Kier alpha value is -0.0800. The van der Waals surface area contributed by atoms with Crippen molar-refractivity contribution in [1.82, 2.24) is 5.32 Å². The molecule has 1 aliphatic rings. The van der Waals surface area contributed by atoms with Crippen molar-refractivity contribution in [3.8, 4) is 0 Å². The maximum Gasteiger partial charge on any atom is 0.0608 e. The molecular formula is C18H37NO. The van der Waals surface area contributed by atoms with Gasteiger partial charge in [-0.3, -0.25) is 0 Å². The zero-order valence-corrected chi connectivity index (χ0v) is 14.8. The van der Waals surface area contributed by atoms with Crippen LogP contribution in [0.15, 0.2) is 0 Å². The van der Waals surface area contributed by atoms with Gasteiger partial charge in [-0.25, -0.2) is 0 Å². The van der Waals surface area contributed by atoms with Crippen LogP contribution in [0.1, 0.15) is 67.7 Å². The van der Waals surface area contributed by atoms with Gasteiger partial charge in [0.25, 0.3) is 0 Å². The molecule has 1 aliphatic carbocycles. The van der Waals surface area contributed by atoms with Gasteiger partial charge in [0.05, 0.1) is 12.7 Å². The van der Waals surface area contributed by atoms with Crippen LogP contribution in [-0.4, -0.2) is 25.3 Å². The summed E-state index contributed by atoms with van der Waals surface area (Å²) in [5.74, 6) is 2.32. The summed E-state index contributed by atoms with van der Waals surface area (Å²) >= 11 is 0. The third kappa shape index (κ3) is 6.13. The van der Waals surface area contributed by atoms with Gasteiger partial charge in [-0.15, -0.1) is 0 Å². The average Bonchev–Trinajstić information content (AvgIpc) is 2.34. The van der Waals surface area contributed by atoms with Crippen molar-refractivity contribution >= 4 is 0 Å². The molecular weight excluding hydrogens is 246 g/mol. The minimum absolute atomic E-state index is 0.215. The SMILES string of the molecule is CC1CCC(C(C)C)C(OCC(C)(C)CNC(C)C)C1. The first-order chi connectivity index (χ1) is 9.21. The Balaban J connectivity index is 2.47. The van der Waals surface area contributed by atoms with E-state index in [2.05, 4.69) is 53.8 Å². The number of hydrogen-bond acceptors (Lipinski definition) is 2. The largest absolute Gasteiger partial charge is 0.377 e. The molecule has 0 aromatic heterocycles.